The molecule has 2 aromatic rings. The molecule has 0 heterocycles. The summed E-state index contributed by atoms with van der Waals surface area (Å²) in [4.78, 5) is 0. The molecule has 0 aliphatic heterocycles. The second-order valence-corrected chi connectivity index (χ2v) is 6.18. The molecule has 0 spiro atoms. The van der Waals surface area contributed by atoms with Crippen LogP contribution in [0.2, 0.25) is 5.02 Å². The SMILES string of the molecule is CCOc1cc(CCN)cc(Cl)c1OCCOc1cccc(C)c1C. The quantitative estimate of drug-likeness (QED) is 0.674. The van der Waals surface area contributed by atoms with Crippen LogP contribution < -0.4 is 19.9 Å². The summed E-state index contributed by atoms with van der Waals surface area (Å²) in [5.41, 5.74) is 9.00. The summed E-state index contributed by atoms with van der Waals surface area (Å²) in [6, 6.07) is 9.82. The molecular weight excluding hydrogens is 338 g/mol. The number of hydrogen-bond acceptors (Lipinski definition) is 4. The second-order valence-electron chi connectivity index (χ2n) is 5.77. The van der Waals surface area contributed by atoms with Gasteiger partial charge in [0.15, 0.2) is 11.5 Å². The smallest absolute Gasteiger partial charge is 0.179 e. The number of benzene rings is 2. The molecule has 25 heavy (non-hydrogen) atoms. The van der Waals surface area contributed by atoms with E-state index < -0.39 is 0 Å². The molecule has 0 aromatic heterocycles. The van der Waals surface area contributed by atoms with E-state index in [9.17, 15) is 0 Å². The fourth-order valence-corrected chi connectivity index (χ4v) is 2.80. The van der Waals surface area contributed by atoms with Crippen LogP contribution in [0.4, 0.5) is 0 Å². The Balaban J connectivity index is 2.00. The van der Waals surface area contributed by atoms with Crippen molar-refractivity contribution in [2.24, 2.45) is 5.73 Å². The van der Waals surface area contributed by atoms with E-state index in [1.165, 1.54) is 5.56 Å². The van der Waals surface area contributed by atoms with E-state index in [-0.39, 0.29) is 0 Å². The molecule has 0 atom stereocenters. The van der Waals surface area contributed by atoms with Crippen LogP contribution >= 0.6 is 11.6 Å². The van der Waals surface area contributed by atoms with Gasteiger partial charge in [-0.2, -0.15) is 0 Å². The van der Waals surface area contributed by atoms with Crippen LogP contribution in [0, 0.1) is 13.8 Å². The lowest BCUT2D eigenvalue weighted by Gasteiger charge is -2.16. The van der Waals surface area contributed by atoms with Crippen molar-refractivity contribution in [3.05, 3.63) is 52.0 Å². The van der Waals surface area contributed by atoms with Crippen molar-refractivity contribution in [1.29, 1.82) is 0 Å². The number of rotatable bonds is 9. The highest BCUT2D eigenvalue weighted by Gasteiger charge is 2.13. The lowest BCUT2D eigenvalue weighted by molar-refractivity contribution is 0.207. The number of aryl methyl sites for hydroxylation is 1. The first-order valence-corrected chi connectivity index (χ1v) is 8.91. The summed E-state index contributed by atoms with van der Waals surface area (Å²) in [7, 11) is 0. The predicted octanol–water partition coefficient (Wildman–Crippen LogP) is 4.31. The molecule has 0 unspecified atom stereocenters. The van der Waals surface area contributed by atoms with Crippen LogP contribution in [-0.2, 0) is 6.42 Å². The van der Waals surface area contributed by atoms with Crippen LogP contribution in [0.3, 0.4) is 0 Å². The Morgan fingerprint density at radius 3 is 2.48 bits per heavy atom. The summed E-state index contributed by atoms with van der Waals surface area (Å²) < 4.78 is 17.3. The Kier molecular flexibility index (Phi) is 7.41. The van der Waals surface area contributed by atoms with Crippen LogP contribution in [0.25, 0.3) is 0 Å². The first-order chi connectivity index (χ1) is 12.1. The van der Waals surface area contributed by atoms with Crippen LogP contribution in [0.1, 0.15) is 23.6 Å². The Labute approximate surface area is 154 Å². The normalized spacial score (nSPS) is 10.6. The van der Waals surface area contributed by atoms with Gasteiger partial charge in [-0.25, -0.2) is 0 Å². The van der Waals surface area contributed by atoms with E-state index >= 15 is 0 Å². The molecule has 2 rings (SSSR count). The molecule has 136 valence electrons. The number of ether oxygens (including phenoxy) is 3. The van der Waals surface area contributed by atoms with Gasteiger partial charge >= 0.3 is 0 Å². The minimum atomic E-state index is 0.378. The third-order valence-corrected chi connectivity index (χ3v) is 4.23. The zero-order valence-corrected chi connectivity index (χ0v) is 15.9. The first-order valence-electron chi connectivity index (χ1n) is 8.54. The Hall–Kier alpha value is -1.91. The standard InChI is InChI=1S/C20H26ClNO3/c1-4-23-19-13-16(8-9-22)12-17(21)20(19)25-11-10-24-18-7-5-6-14(2)15(18)3/h5-7,12-13H,4,8-11,22H2,1-3H3. The van der Waals surface area contributed by atoms with Gasteiger partial charge in [0, 0.05) is 0 Å². The molecule has 0 fully saturated rings. The molecule has 0 aliphatic carbocycles. The lowest BCUT2D eigenvalue weighted by Crippen LogP contribution is -2.11. The highest BCUT2D eigenvalue weighted by Crippen LogP contribution is 2.36. The van der Waals surface area contributed by atoms with Crippen molar-refractivity contribution in [2.45, 2.75) is 27.2 Å². The van der Waals surface area contributed by atoms with E-state index in [1.54, 1.807) is 0 Å². The van der Waals surface area contributed by atoms with E-state index in [2.05, 4.69) is 13.0 Å². The van der Waals surface area contributed by atoms with Crippen molar-refractivity contribution in [1.82, 2.24) is 0 Å². The van der Waals surface area contributed by atoms with Crippen molar-refractivity contribution < 1.29 is 14.2 Å². The van der Waals surface area contributed by atoms with Gasteiger partial charge in [0.1, 0.15) is 19.0 Å². The Bertz CT molecular complexity index is 704. The Morgan fingerprint density at radius 2 is 1.76 bits per heavy atom. The molecule has 5 heteroatoms. The average molecular weight is 364 g/mol. The largest absolute Gasteiger partial charge is 0.490 e. The van der Waals surface area contributed by atoms with Gasteiger partial charge in [-0.3, -0.25) is 0 Å². The minimum Gasteiger partial charge on any atom is -0.490 e. The number of halogens is 1. The van der Waals surface area contributed by atoms with Gasteiger partial charge in [0.05, 0.1) is 11.6 Å². The molecule has 2 aromatic carbocycles. The highest BCUT2D eigenvalue weighted by molar-refractivity contribution is 6.32. The number of nitrogens with two attached hydrogens (primary N) is 1. The molecule has 0 amide bonds. The van der Waals surface area contributed by atoms with Gasteiger partial charge in [-0.1, -0.05) is 23.7 Å². The molecule has 0 radical (unpaired) electrons. The molecular formula is C20H26ClNO3. The van der Waals surface area contributed by atoms with Gasteiger partial charge in [-0.15, -0.1) is 0 Å². The van der Waals surface area contributed by atoms with Crippen molar-refractivity contribution >= 4 is 11.6 Å². The predicted molar refractivity (Wildman–Crippen MR) is 102 cm³/mol. The monoisotopic (exact) mass is 363 g/mol. The third-order valence-electron chi connectivity index (χ3n) is 3.94. The zero-order chi connectivity index (χ0) is 18.2. The fourth-order valence-electron chi connectivity index (χ4n) is 2.51. The van der Waals surface area contributed by atoms with E-state index in [0.29, 0.717) is 42.9 Å². The summed E-state index contributed by atoms with van der Waals surface area (Å²) >= 11 is 6.36. The van der Waals surface area contributed by atoms with E-state index in [1.807, 2.05) is 38.1 Å². The summed E-state index contributed by atoms with van der Waals surface area (Å²) in [6.45, 7) is 7.95. The average Bonchev–Trinajstić information content (AvgIpc) is 2.57. The molecule has 0 aliphatic rings. The maximum Gasteiger partial charge on any atom is 0.179 e. The van der Waals surface area contributed by atoms with Crippen molar-refractivity contribution in [2.75, 3.05) is 26.4 Å². The summed E-state index contributed by atoms with van der Waals surface area (Å²) in [5.74, 6) is 2.07. The summed E-state index contributed by atoms with van der Waals surface area (Å²) in [6.07, 6.45) is 0.746. The maximum atomic E-state index is 6.36. The van der Waals surface area contributed by atoms with Gasteiger partial charge in [0.2, 0.25) is 0 Å². The van der Waals surface area contributed by atoms with E-state index in [4.69, 9.17) is 31.5 Å². The minimum absolute atomic E-state index is 0.378. The van der Waals surface area contributed by atoms with Crippen LogP contribution in [0.15, 0.2) is 30.3 Å². The lowest BCUT2D eigenvalue weighted by atomic mass is 10.1. The number of hydrogen-bond donors (Lipinski definition) is 1. The Morgan fingerprint density at radius 1 is 1.00 bits per heavy atom. The molecule has 4 nitrogen and oxygen atoms in total. The van der Waals surface area contributed by atoms with Crippen molar-refractivity contribution in [3.63, 3.8) is 0 Å². The van der Waals surface area contributed by atoms with Gasteiger partial charge < -0.3 is 19.9 Å². The topological polar surface area (TPSA) is 53.7 Å². The third kappa shape index (κ3) is 5.28. The van der Waals surface area contributed by atoms with Crippen molar-refractivity contribution in [3.8, 4) is 17.2 Å². The summed E-state index contributed by atoms with van der Waals surface area (Å²) in [5, 5.41) is 0.529. The highest BCUT2D eigenvalue weighted by atomic mass is 35.5. The molecule has 0 saturated heterocycles. The van der Waals surface area contributed by atoms with Crippen LogP contribution in [0.5, 0.6) is 17.2 Å². The second kappa shape index (κ2) is 9.54. The maximum absolute atomic E-state index is 6.36. The molecule has 2 N–H and O–H groups in total. The molecule has 0 bridgehead atoms. The first kappa shape index (κ1) is 19.4. The fraction of sp³-hybridized carbons (Fsp3) is 0.400. The zero-order valence-electron chi connectivity index (χ0n) is 15.1. The molecule has 0 saturated carbocycles. The van der Waals surface area contributed by atoms with Gasteiger partial charge in [-0.05, 0) is 68.6 Å². The van der Waals surface area contributed by atoms with E-state index in [0.717, 1.165) is 23.3 Å². The van der Waals surface area contributed by atoms with Crippen LogP contribution in [-0.4, -0.2) is 26.4 Å². The van der Waals surface area contributed by atoms with Gasteiger partial charge in [0.25, 0.3) is 0 Å².